The van der Waals surface area contributed by atoms with Crippen LogP contribution in [-0.2, 0) is 16.2 Å². The first-order chi connectivity index (χ1) is 6.77. The minimum absolute atomic E-state index is 0.307. The van der Waals surface area contributed by atoms with Gasteiger partial charge in [0.15, 0.2) is 0 Å². The molecule has 0 saturated heterocycles. The van der Waals surface area contributed by atoms with Crippen LogP contribution >= 0.6 is 0 Å². The average molecular weight is 240 g/mol. The lowest BCUT2D eigenvalue weighted by Gasteiger charge is -2.06. The smallest absolute Gasteiger partial charge is 0.250 e. The Morgan fingerprint density at radius 1 is 1.33 bits per heavy atom. The van der Waals surface area contributed by atoms with Crippen LogP contribution < -0.4 is 4.72 Å². The molecule has 0 aliphatic heterocycles. The highest BCUT2D eigenvalue weighted by Crippen LogP contribution is 2.27. The second-order valence-electron chi connectivity index (χ2n) is 2.58. The van der Waals surface area contributed by atoms with Crippen molar-refractivity contribution < 1.29 is 21.6 Å². The van der Waals surface area contributed by atoms with Crippen LogP contribution in [0.25, 0.3) is 0 Å². The number of nitrogens with zero attached hydrogens (tertiary/aromatic N) is 1. The first-order valence-electron chi connectivity index (χ1n) is 3.74. The number of aromatic nitrogens is 1. The number of rotatable bonds is 2. The number of halogens is 3. The van der Waals surface area contributed by atoms with Crippen LogP contribution in [0.2, 0.25) is 0 Å². The molecule has 0 unspecified atom stereocenters. The second-order valence-corrected chi connectivity index (χ2v) is 4.47. The summed E-state index contributed by atoms with van der Waals surface area (Å²) < 4.78 is 60.4. The molecule has 1 aromatic rings. The molecule has 84 valence electrons. The highest BCUT2D eigenvalue weighted by atomic mass is 32.2. The monoisotopic (exact) mass is 240 g/mol. The molecule has 0 bridgehead atoms. The summed E-state index contributed by atoms with van der Waals surface area (Å²) in [5.74, 6) is 0. The van der Waals surface area contributed by atoms with Gasteiger partial charge in [0.05, 0.1) is 0 Å². The van der Waals surface area contributed by atoms with E-state index in [1.54, 1.807) is 0 Å². The van der Waals surface area contributed by atoms with Crippen molar-refractivity contribution in [1.82, 2.24) is 9.71 Å². The lowest BCUT2D eigenvalue weighted by Crippen LogP contribution is -2.19. The Kier molecular flexibility index (Phi) is 3.00. The van der Waals surface area contributed by atoms with Crippen LogP contribution in [0.15, 0.2) is 23.2 Å². The van der Waals surface area contributed by atoms with Crippen LogP contribution in [0.3, 0.4) is 0 Å². The molecule has 4 nitrogen and oxygen atoms in total. The number of pyridine rings is 1. The topological polar surface area (TPSA) is 59.1 Å². The van der Waals surface area contributed by atoms with E-state index in [1.165, 1.54) is 0 Å². The maximum Gasteiger partial charge on any atom is 0.433 e. The fourth-order valence-electron chi connectivity index (χ4n) is 0.825. The third-order valence-electron chi connectivity index (χ3n) is 1.61. The van der Waals surface area contributed by atoms with Crippen LogP contribution in [0.4, 0.5) is 13.2 Å². The SMILES string of the molecule is CNS(=O)(=O)c1ccc(C(F)(F)F)nc1. The van der Waals surface area contributed by atoms with Gasteiger partial charge in [-0.3, -0.25) is 4.98 Å². The fourth-order valence-corrected chi connectivity index (χ4v) is 1.50. The van der Waals surface area contributed by atoms with Crippen LogP contribution in [0.5, 0.6) is 0 Å². The lowest BCUT2D eigenvalue weighted by molar-refractivity contribution is -0.141. The summed E-state index contributed by atoms with van der Waals surface area (Å²) in [5, 5.41) is 0. The van der Waals surface area contributed by atoms with Gasteiger partial charge in [0.2, 0.25) is 10.0 Å². The van der Waals surface area contributed by atoms with E-state index in [1.807, 2.05) is 4.72 Å². The Bertz CT molecular complexity index is 438. The quantitative estimate of drug-likeness (QED) is 0.839. The molecule has 0 aliphatic carbocycles. The summed E-state index contributed by atoms with van der Waals surface area (Å²) in [5.41, 5.74) is -1.13. The van der Waals surface area contributed by atoms with E-state index < -0.39 is 21.9 Å². The molecule has 0 saturated carbocycles. The molecular formula is C7H7F3N2O2S. The second kappa shape index (κ2) is 3.78. The molecule has 1 rings (SSSR count). The van der Waals surface area contributed by atoms with Crippen LogP contribution in [-0.4, -0.2) is 20.4 Å². The molecule has 0 spiro atoms. The number of sulfonamides is 1. The van der Waals surface area contributed by atoms with Crippen molar-refractivity contribution in [2.75, 3.05) is 7.05 Å². The van der Waals surface area contributed by atoms with Gasteiger partial charge in [-0.25, -0.2) is 13.1 Å². The van der Waals surface area contributed by atoms with Gasteiger partial charge in [-0.05, 0) is 19.2 Å². The molecule has 15 heavy (non-hydrogen) atoms. The summed E-state index contributed by atoms with van der Waals surface area (Å²) in [4.78, 5) is 2.71. The van der Waals surface area contributed by atoms with Gasteiger partial charge < -0.3 is 0 Å². The zero-order valence-corrected chi connectivity index (χ0v) is 8.35. The van der Waals surface area contributed by atoms with Gasteiger partial charge in [-0.15, -0.1) is 0 Å². The number of alkyl halides is 3. The van der Waals surface area contributed by atoms with Gasteiger partial charge >= 0.3 is 6.18 Å². The molecule has 0 fully saturated rings. The first-order valence-corrected chi connectivity index (χ1v) is 5.22. The van der Waals surface area contributed by atoms with Crippen molar-refractivity contribution >= 4 is 10.0 Å². The van der Waals surface area contributed by atoms with Gasteiger partial charge in [-0.1, -0.05) is 0 Å². The normalized spacial score (nSPS) is 12.8. The maximum absolute atomic E-state index is 12.1. The fraction of sp³-hybridized carbons (Fsp3) is 0.286. The van der Waals surface area contributed by atoms with E-state index in [0.29, 0.717) is 12.3 Å². The van der Waals surface area contributed by atoms with Crippen molar-refractivity contribution in [3.05, 3.63) is 24.0 Å². The number of hydrogen-bond acceptors (Lipinski definition) is 3. The summed E-state index contributed by atoms with van der Waals surface area (Å²) in [6.45, 7) is 0. The minimum Gasteiger partial charge on any atom is -0.250 e. The van der Waals surface area contributed by atoms with Gasteiger partial charge in [0, 0.05) is 6.20 Å². The number of nitrogens with one attached hydrogen (secondary N) is 1. The molecule has 1 N–H and O–H groups in total. The van der Waals surface area contributed by atoms with Crippen molar-refractivity contribution in [3.8, 4) is 0 Å². The van der Waals surface area contributed by atoms with Crippen molar-refractivity contribution in [1.29, 1.82) is 0 Å². The average Bonchev–Trinajstić information content (AvgIpc) is 2.17. The third kappa shape index (κ3) is 2.66. The number of hydrogen-bond donors (Lipinski definition) is 1. The summed E-state index contributed by atoms with van der Waals surface area (Å²) in [6.07, 6.45) is -3.91. The van der Waals surface area contributed by atoms with E-state index in [2.05, 4.69) is 4.98 Å². The summed E-state index contributed by atoms with van der Waals surface area (Å²) in [7, 11) is -2.58. The zero-order chi connectivity index (χ0) is 11.7. The Labute approximate surface area is 84.2 Å². The van der Waals surface area contributed by atoms with Crippen molar-refractivity contribution in [2.24, 2.45) is 0 Å². The highest BCUT2D eigenvalue weighted by molar-refractivity contribution is 7.89. The zero-order valence-electron chi connectivity index (χ0n) is 7.54. The molecule has 0 radical (unpaired) electrons. The molecule has 8 heteroatoms. The van der Waals surface area contributed by atoms with E-state index in [0.717, 1.165) is 13.1 Å². The molecule has 1 aromatic heterocycles. The van der Waals surface area contributed by atoms with Crippen LogP contribution in [0.1, 0.15) is 5.69 Å². The van der Waals surface area contributed by atoms with Gasteiger partial charge in [0.1, 0.15) is 10.6 Å². The Morgan fingerprint density at radius 2 is 1.93 bits per heavy atom. The largest absolute Gasteiger partial charge is 0.433 e. The first kappa shape index (κ1) is 11.9. The van der Waals surface area contributed by atoms with Crippen molar-refractivity contribution in [2.45, 2.75) is 11.1 Å². The Balaban J connectivity index is 3.12. The molecule has 0 atom stereocenters. The highest BCUT2D eigenvalue weighted by Gasteiger charge is 2.32. The van der Waals surface area contributed by atoms with E-state index in [4.69, 9.17) is 0 Å². The predicted molar refractivity (Wildman–Crippen MR) is 45.5 cm³/mol. The van der Waals surface area contributed by atoms with E-state index in [-0.39, 0.29) is 4.90 Å². The summed E-state index contributed by atoms with van der Waals surface area (Å²) >= 11 is 0. The molecular weight excluding hydrogens is 233 g/mol. The van der Waals surface area contributed by atoms with Crippen LogP contribution in [0, 0.1) is 0 Å². The van der Waals surface area contributed by atoms with Gasteiger partial charge in [0.25, 0.3) is 0 Å². The Morgan fingerprint density at radius 3 is 2.27 bits per heavy atom. The minimum atomic E-state index is -4.57. The van der Waals surface area contributed by atoms with Crippen molar-refractivity contribution in [3.63, 3.8) is 0 Å². The standard InChI is InChI=1S/C7H7F3N2O2S/c1-11-15(13,14)5-2-3-6(12-4-5)7(8,9)10/h2-4,11H,1H3. The van der Waals surface area contributed by atoms with E-state index >= 15 is 0 Å². The molecule has 0 aromatic carbocycles. The summed E-state index contributed by atoms with van der Waals surface area (Å²) in [6, 6.07) is 1.46. The molecule has 0 aliphatic rings. The molecule has 0 amide bonds. The predicted octanol–water partition coefficient (Wildman–Crippen LogP) is 1.01. The van der Waals surface area contributed by atoms with E-state index in [9.17, 15) is 21.6 Å². The lowest BCUT2D eigenvalue weighted by atomic mass is 10.3. The Hall–Kier alpha value is -1.15. The van der Waals surface area contributed by atoms with Gasteiger partial charge in [-0.2, -0.15) is 13.2 Å². The third-order valence-corrected chi connectivity index (χ3v) is 3.01. The molecule has 1 heterocycles. The maximum atomic E-state index is 12.1.